The first-order chi connectivity index (χ1) is 7.61. The van der Waals surface area contributed by atoms with E-state index >= 15 is 0 Å². The topological polar surface area (TPSA) is 38.5 Å². The third-order valence-corrected chi connectivity index (χ3v) is 3.57. The number of methoxy groups -OCH3 is 1. The molecule has 1 aromatic rings. The fourth-order valence-corrected chi connectivity index (χ4v) is 2.24. The number of hydrogen-bond acceptors (Lipinski definition) is 3. The smallest absolute Gasteiger partial charge is 0.143 e. The summed E-state index contributed by atoms with van der Waals surface area (Å²) in [5.41, 5.74) is 7.72. The zero-order chi connectivity index (χ0) is 11.7. The van der Waals surface area contributed by atoms with Crippen molar-refractivity contribution in [3.63, 3.8) is 0 Å². The SMILES string of the molecule is COc1cc(N2CC(C)C(C)C2)ccc1N. The Labute approximate surface area is 97.2 Å². The molecule has 1 aliphatic heterocycles. The lowest BCUT2D eigenvalue weighted by Crippen LogP contribution is -2.19. The summed E-state index contributed by atoms with van der Waals surface area (Å²) in [5, 5.41) is 0. The minimum Gasteiger partial charge on any atom is -0.495 e. The lowest BCUT2D eigenvalue weighted by atomic mass is 10.0. The van der Waals surface area contributed by atoms with E-state index in [1.165, 1.54) is 5.69 Å². The molecular weight excluding hydrogens is 200 g/mol. The molecule has 0 aromatic heterocycles. The van der Waals surface area contributed by atoms with Gasteiger partial charge in [-0.05, 0) is 24.0 Å². The van der Waals surface area contributed by atoms with E-state index in [9.17, 15) is 0 Å². The van der Waals surface area contributed by atoms with Crippen molar-refractivity contribution in [3.8, 4) is 5.75 Å². The van der Waals surface area contributed by atoms with Crippen LogP contribution >= 0.6 is 0 Å². The van der Waals surface area contributed by atoms with Gasteiger partial charge in [0.25, 0.3) is 0 Å². The lowest BCUT2D eigenvalue weighted by Gasteiger charge is -2.19. The molecule has 2 atom stereocenters. The predicted molar refractivity (Wildman–Crippen MR) is 67.9 cm³/mol. The van der Waals surface area contributed by atoms with Gasteiger partial charge in [0.2, 0.25) is 0 Å². The highest BCUT2D eigenvalue weighted by Gasteiger charge is 2.26. The van der Waals surface area contributed by atoms with E-state index in [4.69, 9.17) is 10.5 Å². The van der Waals surface area contributed by atoms with E-state index in [1.807, 2.05) is 12.1 Å². The summed E-state index contributed by atoms with van der Waals surface area (Å²) in [4.78, 5) is 2.40. The van der Waals surface area contributed by atoms with Crippen LogP contribution in [0, 0.1) is 11.8 Å². The van der Waals surface area contributed by atoms with Crippen molar-refractivity contribution in [3.05, 3.63) is 18.2 Å². The van der Waals surface area contributed by atoms with Gasteiger partial charge >= 0.3 is 0 Å². The van der Waals surface area contributed by atoms with E-state index in [0.717, 1.165) is 30.7 Å². The number of nitrogen functional groups attached to an aromatic ring is 1. The first-order valence-electron chi connectivity index (χ1n) is 5.80. The van der Waals surface area contributed by atoms with Crippen LogP contribution in [0.3, 0.4) is 0 Å². The van der Waals surface area contributed by atoms with Crippen molar-refractivity contribution in [2.45, 2.75) is 13.8 Å². The number of ether oxygens (including phenoxy) is 1. The van der Waals surface area contributed by atoms with Crippen molar-refractivity contribution in [1.82, 2.24) is 0 Å². The fourth-order valence-electron chi connectivity index (χ4n) is 2.24. The zero-order valence-electron chi connectivity index (χ0n) is 10.2. The second-order valence-corrected chi connectivity index (χ2v) is 4.79. The minimum atomic E-state index is 0.701. The summed E-state index contributed by atoms with van der Waals surface area (Å²) in [7, 11) is 1.66. The van der Waals surface area contributed by atoms with E-state index in [-0.39, 0.29) is 0 Å². The highest BCUT2D eigenvalue weighted by molar-refractivity contribution is 5.62. The lowest BCUT2D eigenvalue weighted by molar-refractivity contribution is 0.417. The Morgan fingerprint density at radius 3 is 2.44 bits per heavy atom. The summed E-state index contributed by atoms with van der Waals surface area (Å²) in [6.45, 7) is 6.85. The number of nitrogens with two attached hydrogens (primary N) is 1. The highest BCUT2D eigenvalue weighted by atomic mass is 16.5. The molecule has 0 amide bonds. The Balaban J connectivity index is 2.22. The van der Waals surface area contributed by atoms with Gasteiger partial charge in [0.05, 0.1) is 12.8 Å². The van der Waals surface area contributed by atoms with Crippen molar-refractivity contribution >= 4 is 11.4 Å². The molecular formula is C13H20N2O. The molecule has 3 heteroatoms. The number of benzene rings is 1. The Morgan fingerprint density at radius 1 is 1.25 bits per heavy atom. The maximum atomic E-state index is 5.81. The van der Waals surface area contributed by atoms with Gasteiger partial charge in [0.15, 0.2) is 0 Å². The third-order valence-electron chi connectivity index (χ3n) is 3.57. The number of nitrogens with zero attached hydrogens (tertiary/aromatic N) is 1. The van der Waals surface area contributed by atoms with Crippen LogP contribution < -0.4 is 15.4 Å². The Morgan fingerprint density at radius 2 is 1.88 bits per heavy atom. The molecule has 0 bridgehead atoms. The fraction of sp³-hybridized carbons (Fsp3) is 0.538. The summed E-state index contributed by atoms with van der Waals surface area (Å²) in [5.74, 6) is 2.27. The van der Waals surface area contributed by atoms with Gasteiger partial charge in [-0.15, -0.1) is 0 Å². The molecule has 2 rings (SSSR count). The molecule has 1 aromatic carbocycles. The van der Waals surface area contributed by atoms with Gasteiger partial charge in [-0.25, -0.2) is 0 Å². The summed E-state index contributed by atoms with van der Waals surface area (Å²) in [6, 6.07) is 6.02. The van der Waals surface area contributed by atoms with E-state index in [0.29, 0.717) is 5.69 Å². The number of anilines is 2. The molecule has 0 spiro atoms. The molecule has 0 aliphatic carbocycles. The molecule has 1 saturated heterocycles. The molecule has 0 saturated carbocycles. The van der Waals surface area contributed by atoms with Crippen LogP contribution in [0.5, 0.6) is 5.75 Å². The number of hydrogen-bond donors (Lipinski definition) is 1. The van der Waals surface area contributed by atoms with Gasteiger partial charge in [-0.3, -0.25) is 0 Å². The Bertz CT molecular complexity index is 368. The standard InChI is InChI=1S/C13H20N2O/c1-9-7-15(8-10(9)2)11-4-5-12(14)13(6-11)16-3/h4-6,9-10H,7-8,14H2,1-3H3. The summed E-state index contributed by atoms with van der Waals surface area (Å²) >= 11 is 0. The van der Waals surface area contributed by atoms with Crippen LogP contribution in [0.4, 0.5) is 11.4 Å². The molecule has 16 heavy (non-hydrogen) atoms. The van der Waals surface area contributed by atoms with Crippen LogP contribution in [0.25, 0.3) is 0 Å². The maximum Gasteiger partial charge on any atom is 0.143 e. The summed E-state index contributed by atoms with van der Waals surface area (Å²) < 4.78 is 5.25. The predicted octanol–water partition coefficient (Wildman–Crippen LogP) is 2.37. The molecule has 3 nitrogen and oxygen atoms in total. The molecule has 1 fully saturated rings. The largest absolute Gasteiger partial charge is 0.495 e. The maximum absolute atomic E-state index is 5.81. The van der Waals surface area contributed by atoms with Gasteiger partial charge in [-0.2, -0.15) is 0 Å². The first-order valence-corrected chi connectivity index (χ1v) is 5.80. The molecule has 1 heterocycles. The average Bonchev–Trinajstić information content (AvgIpc) is 2.60. The molecule has 2 unspecified atom stereocenters. The van der Waals surface area contributed by atoms with Crippen LogP contribution in [0.15, 0.2) is 18.2 Å². The highest BCUT2D eigenvalue weighted by Crippen LogP contribution is 2.32. The van der Waals surface area contributed by atoms with Crippen molar-refractivity contribution in [2.24, 2.45) is 11.8 Å². The average molecular weight is 220 g/mol. The molecule has 88 valence electrons. The minimum absolute atomic E-state index is 0.701. The Hall–Kier alpha value is -1.38. The van der Waals surface area contributed by atoms with E-state index < -0.39 is 0 Å². The summed E-state index contributed by atoms with van der Waals surface area (Å²) in [6.07, 6.45) is 0. The van der Waals surface area contributed by atoms with Crippen LogP contribution in [0.1, 0.15) is 13.8 Å². The zero-order valence-corrected chi connectivity index (χ0v) is 10.2. The van der Waals surface area contributed by atoms with Gasteiger partial charge in [0, 0.05) is 24.8 Å². The second kappa shape index (κ2) is 4.24. The van der Waals surface area contributed by atoms with E-state index in [1.54, 1.807) is 7.11 Å². The Kier molecular flexibility index (Phi) is 2.95. The van der Waals surface area contributed by atoms with Gasteiger partial charge in [0.1, 0.15) is 5.75 Å². The normalized spacial score (nSPS) is 24.8. The monoisotopic (exact) mass is 220 g/mol. The molecule has 1 aliphatic rings. The van der Waals surface area contributed by atoms with Gasteiger partial charge in [-0.1, -0.05) is 13.8 Å². The second-order valence-electron chi connectivity index (χ2n) is 4.79. The van der Waals surface area contributed by atoms with Crippen molar-refractivity contribution < 1.29 is 4.74 Å². The molecule has 2 N–H and O–H groups in total. The van der Waals surface area contributed by atoms with Crippen molar-refractivity contribution in [1.29, 1.82) is 0 Å². The number of rotatable bonds is 2. The van der Waals surface area contributed by atoms with Crippen LogP contribution in [-0.4, -0.2) is 20.2 Å². The van der Waals surface area contributed by atoms with Crippen LogP contribution in [-0.2, 0) is 0 Å². The third kappa shape index (κ3) is 1.94. The van der Waals surface area contributed by atoms with Gasteiger partial charge < -0.3 is 15.4 Å². The van der Waals surface area contributed by atoms with Crippen molar-refractivity contribution in [2.75, 3.05) is 30.8 Å². The first kappa shape index (κ1) is 11.1. The quantitative estimate of drug-likeness (QED) is 0.778. The van der Waals surface area contributed by atoms with E-state index in [2.05, 4.69) is 24.8 Å². The van der Waals surface area contributed by atoms with Crippen LogP contribution in [0.2, 0.25) is 0 Å². The molecule has 0 radical (unpaired) electrons.